The highest BCUT2D eigenvalue weighted by atomic mass is 35.5. The van der Waals surface area contributed by atoms with Crippen LogP contribution in [0.3, 0.4) is 0 Å². The molecule has 0 fully saturated rings. The molecular formula is C16H18ClNO3. The lowest BCUT2D eigenvalue weighted by molar-refractivity contribution is 0.355. The molecule has 4 nitrogen and oxygen atoms in total. The van der Waals surface area contributed by atoms with Crippen molar-refractivity contribution >= 4 is 17.3 Å². The van der Waals surface area contributed by atoms with Gasteiger partial charge in [-0.15, -0.1) is 0 Å². The summed E-state index contributed by atoms with van der Waals surface area (Å²) in [5.41, 5.74) is 1.89. The molecule has 0 spiro atoms. The van der Waals surface area contributed by atoms with Gasteiger partial charge in [-0.05, 0) is 23.8 Å². The van der Waals surface area contributed by atoms with Crippen molar-refractivity contribution in [2.75, 3.05) is 26.6 Å². The SMILES string of the molecule is COc1cccc(NCc2ccc(OC)c(OC)c2Cl)c1. The van der Waals surface area contributed by atoms with Crippen molar-refractivity contribution in [3.8, 4) is 17.2 Å². The average Bonchev–Trinajstić information content (AvgIpc) is 2.53. The first kappa shape index (κ1) is 15.3. The van der Waals surface area contributed by atoms with Crippen molar-refractivity contribution in [3.63, 3.8) is 0 Å². The van der Waals surface area contributed by atoms with E-state index in [-0.39, 0.29) is 0 Å². The lowest BCUT2D eigenvalue weighted by atomic mass is 10.2. The second-order valence-corrected chi connectivity index (χ2v) is 4.74. The lowest BCUT2D eigenvalue weighted by Gasteiger charge is -2.14. The number of hydrogen-bond acceptors (Lipinski definition) is 4. The summed E-state index contributed by atoms with van der Waals surface area (Å²) in [4.78, 5) is 0. The summed E-state index contributed by atoms with van der Waals surface area (Å²) in [6.45, 7) is 0.576. The van der Waals surface area contributed by atoms with Gasteiger partial charge >= 0.3 is 0 Å². The number of ether oxygens (including phenoxy) is 3. The molecule has 0 aliphatic carbocycles. The molecule has 0 aliphatic heterocycles. The van der Waals surface area contributed by atoms with E-state index in [9.17, 15) is 0 Å². The Balaban J connectivity index is 2.16. The van der Waals surface area contributed by atoms with Gasteiger partial charge in [-0.25, -0.2) is 0 Å². The van der Waals surface area contributed by atoms with E-state index >= 15 is 0 Å². The zero-order valence-electron chi connectivity index (χ0n) is 12.3. The highest BCUT2D eigenvalue weighted by Gasteiger charge is 2.12. The van der Waals surface area contributed by atoms with Gasteiger partial charge in [0.1, 0.15) is 5.75 Å². The van der Waals surface area contributed by atoms with E-state index in [2.05, 4.69) is 5.32 Å². The van der Waals surface area contributed by atoms with Crippen molar-refractivity contribution in [1.29, 1.82) is 0 Å². The molecule has 0 heterocycles. The van der Waals surface area contributed by atoms with Crippen LogP contribution in [0.4, 0.5) is 5.69 Å². The molecule has 2 aromatic carbocycles. The number of hydrogen-bond donors (Lipinski definition) is 1. The third-order valence-corrected chi connectivity index (χ3v) is 3.53. The molecule has 0 bridgehead atoms. The summed E-state index contributed by atoms with van der Waals surface area (Å²) < 4.78 is 15.7. The Morgan fingerprint density at radius 2 is 1.81 bits per heavy atom. The van der Waals surface area contributed by atoms with Gasteiger partial charge in [-0.2, -0.15) is 0 Å². The molecule has 0 unspecified atom stereocenters. The van der Waals surface area contributed by atoms with Crippen LogP contribution < -0.4 is 19.5 Å². The molecule has 112 valence electrons. The Hall–Kier alpha value is -2.07. The van der Waals surface area contributed by atoms with Crippen LogP contribution in [-0.4, -0.2) is 21.3 Å². The maximum absolute atomic E-state index is 6.35. The van der Waals surface area contributed by atoms with Crippen LogP contribution >= 0.6 is 11.6 Å². The Bertz CT molecular complexity index is 616. The minimum atomic E-state index is 0.545. The van der Waals surface area contributed by atoms with Crippen LogP contribution in [0.1, 0.15) is 5.56 Å². The van der Waals surface area contributed by atoms with Gasteiger partial charge in [0.2, 0.25) is 0 Å². The molecule has 0 amide bonds. The molecule has 2 rings (SSSR count). The fourth-order valence-corrected chi connectivity index (χ4v) is 2.30. The predicted octanol–water partition coefficient (Wildman–Crippen LogP) is 3.98. The first-order chi connectivity index (χ1) is 10.2. The van der Waals surface area contributed by atoms with Crippen molar-refractivity contribution < 1.29 is 14.2 Å². The van der Waals surface area contributed by atoms with Crippen molar-refractivity contribution in [1.82, 2.24) is 0 Å². The maximum atomic E-state index is 6.35. The Kier molecular flexibility index (Phi) is 5.17. The van der Waals surface area contributed by atoms with E-state index in [4.69, 9.17) is 25.8 Å². The van der Waals surface area contributed by atoms with Gasteiger partial charge in [0, 0.05) is 18.3 Å². The van der Waals surface area contributed by atoms with E-state index in [0.717, 1.165) is 17.0 Å². The Morgan fingerprint density at radius 1 is 1.00 bits per heavy atom. The van der Waals surface area contributed by atoms with Gasteiger partial charge in [-0.3, -0.25) is 0 Å². The molecule has 0 saturated carbocycles. The largest absolute Gasteiger partial charge is 0.497 e. The summed E-state index contributed by atoms with van der Waals surface area (Å²) >= 11 is 6.35. The molecule has 1 N–H and O–H groups in total. The first-order valence-electron chi connectivity index (χ1n) is 6.47. The zero-order chi connectivity index (χ0) is 15.2. The summed E-state index contributed by atoms with van der Waals surface area (Å²) in [7, 11) is 4.80. The van der Waals surface area contributed by atoms with E-state index in [1.54, 1.807) is 21.3 Å². The van der Waals surface area contributed by atoms with Crippen molar-refractivity contribution in [2.24, 2.45) is 0 Å². The van der Waals surface area contributed by atoms with E-state index in [1.165, 1.54) is 0 Å². The minimum Gasteiger partial charge on any atom is -0.497 e. The third kappa shape index (κ3) is 3.52. The first-order valence-corrected chi connectivity index (χ1v) is 6.84. The highest BCUT2D eigenvalue weighted by molar-refractivity contribution is 6.33. The average molecular weight is 308 g/mol. The van der Waals surface area contributed by atoms with Gasteiger partial charge in [0.05, 0.1) is 26.4 Å². The third-order valence-electron chi connectivity index (χ3n) is 3.12. The minimum absolute atomic E-state index is 0.545. The molecule has 0 radical (unpaired) electrons. The summed E-state index contributed by atoms with van der Waals surface area (Å²) in [5, 5.41) is 3.85. The van der Waals surface area contributed by atoms with E-state index in [1.807, 2.05) is 36.4 Å². The van der Waals surface area contributed by atoms with Crippen molar-refractivity contribution in [3.05, 3.63) is 47.0 Å². The predicted molar refractivity (Wildman–Crippen MR) is 84.9 cm³/mol. The monoisotopic (exact) mass is 307 g/mol. The number of methoxy groups -OCH3 is 3. The van der Waals surface area contributed by atoms with Gasteiger partial charge < -0.3 is 19.5 Å². The molecule has 0 saturated heterocycles. The topological polar surface area (TPSA) is 39.7 Å². The van der Waals surface area contributed by atoms with Crippen LogP contribution in [-0.2, 0) is 6.54 Å². The van der Waals surface area contributed by atoms with Gasteiger partial charge in [0.15, 0.2) is 11.5 Å². The molecule has 0 aromatic heterocycles. The van der Waals surface area contributed by atoms with Crippen LogP contribution in [0.15, 0.2) is 36.4 Å². The van der Waals surface area contributed by atoms with Gasteiger partial charge in [-0.1, -0.05) is 23.7 Å². The van der Waals surface area contributed by atoms with Crippen LogP contribution in [0, 0.1) is 0 Å². The number of halogens is 1. The molecule has 5 heteroatoms. The summed E-state index contributed by atoms with van der Waals surface area (Å²) in [6.07, 6.45) is 0. The normalized spacial score (nSPS) is 10.1. The molecule has 0 atom stereocenters. The number of benzene rings is 2. The van der Waals surface area contributed by atoms with E-state index in [0.29, 0.717) is 23.1 Å². The number of nitrogens with one attached hydrogen (secondary N) is 1. The second-order valence-electron chi connectivity index (χ2n) is 4.36. The maximum Gasteiger partial charge on any atom is 0.179 e. The quantitative estimate of drug-likeness (QED) is 0.876. The number of rotatable bonds is 6. The summed E-state index contributed by atoms with van der Waals surface area (Å²) in [6, 6.07) is 11.5. The molecule has 21 heavy (non-hydrogen) atoms. The molecular weight excluding hydrogens is 290 g/mol. The van der Waals surface area contributed by atoms with E-state index < -0.39 is 0 Å². The number of anilines is 1. The van der Waals surface area contributed by atoms with Crippen LogP contribution in [0.5, 0.6) is 17.2 Å². The summed E-state index contributed by atoms with van der Waals surface area (Å²) in [5.74, 6) is 1.97. The van der Waals surface area contributed by atoms with Crippen LogP contribution in [0.25, 0.3) is 0 Å². The standard InChI is InChI=1S/C16H18ClNO3/c1-19-13-6-4-5-12(9-13)18-10-11-7-8-14(20-2)16(21-3)15(11)17/h4-9,18H,10H2,1-3H3. The Labute approximate surface area is 129 Å². The highest BCUT2D eigenvalue weighted by Crippen LogP contribution is 2.37. The Morgan fingerprint density at radius 3 is 2.48 bits per heavy atom. The zero-order valence-corrected chi connectivity index (χ0v) is 13.0. The van der Waals surface area contributed by atoms with Crippen LogP contribution in [0.2, 0.25) is 5.02 Å². The fraction of sp³-hybridized carbons (Fsp3) is 0.250. The molecule has 0 aliphatic rings. The lowest BCUT2D eigenvalue weighted by Crippen LogP contribution is -2.02. The smallest absolute Gasteiger partial charge is 0.179 e. The van der Waals surface area contributed by atoms with Crippen molar-refractivity contribution in [2.45, 2.75) is 6.54 Å². The van der Waals surface area contributed by atoms with Gasteiger partial charge in [0.25, 0.3) is 0 Å². The molecule has 2 aromatic rings. The second kappa shape index (κ2) is 7.09. The fourth-order valence-electron chi connectivity index (χ4n) is 2.00.